The van der Waals surface area contributed by atoms with Gasteiger partial charge in [0.05, 0.1) is 7.11 Å². The predicted octanol–water partition coefficient (Wildman–Crippen LogP) is 2.30. The van der Waals surface area contributed by atoms with Crippen LogP contribution in [0.25, 0.3) is 0 Å². The lowest BCUT2D eigenvalue weighted by atomic mass is 10.0. The van der Waals surface area contributed by atoms with Gasteiger partial charge in [-0.3, -0.25) is 0 Å². The molecule has 13 heavy (non-hydrogen) atoms. The molecule has 0 saturated heterocycles. The van der Waals surface area contributed by atoms with Crippen LogP contribution in [0.15, 0.2) is 11.1 Å². The van der Waals surface area contributed by atoms with Crippen molar-refractivity contribution in [1.29, 1.82) is 0 Å². The van der Waals surface area contributed by atoms with Crippen LogP contribution < -0.4 is 0 Å². The summed E-state index contributed by atoms with van der Waals surface area (Å²) < 4.78 is 4.72. The summed E-state index contributed by atoms with van der Waals surface area (Å²) in [4.78, 5) is 11.3. The molecule has 2 heteroatoms. The zero-order valence-corrected chi connectivity index (χ0v) is 8.30. The van der Waals surface area contributed by atoms with Crippen LogP contribution in [-0.4, -0.2) is 13.1 Å². The molecule has 2 atom stereocenters. The van der Waals surface area contributed by atoms with Crippen molar-refractivity contribution in [2.24, 2.45) is 11.8 Å². The number of ether oxygens (including phenoxy) is 1. The minimum Gasteiger partial charge on any atom is -0.466 e. The molecule has 2 rings (SSSR count). The molecule has 0 radical (unpaired) electrons. The van der Waals surface area contributed by atoms with E-state index in [0.29, 0.717) is 0 Å². The Hall–Kier alpha value is -0.790. The Kier molecular flexibility index (Phi) is 2.14. The molecule has 2 fully saturated rings. The Morgan fingerprint density at radius 1 is 1.31 bits per heavy atom. The van der Waals surface area contributed by atoms with E-state index in [0.717, 1.165) is 17.4 Å². The van der Waals surface area contributed by atoms with E-state index in [1.807, 2.05) is 6.92 Å². The standard InChI is InChI=1S/C11H16O2/c1-7(11(12)13-2)10-8-5-3-4-6-9(8)10/h8-9H,3-6H2,1-2H3/t8-,9+. The van der Waals surface area contributed by atoms with Gasteiger partial charge in [-0.05, 0) is 31.6 Å². The van der Waals surface area contributed by atoms with Gasteiger partial charge >= 0.3 is 5.97 Å². The normalized spacial score (nSPS) is 34.9. The summed E-state index contributed by atoms with van der Waals surface area (Å²) in [6, 6.07) is 0. The Morgan fingerprint density at radius 3 is 2.31 bits per heavy atom. The summed E-state index contributed by atoms with van der Waals surface area (Å²) in [6.45, 7) is 1.90. The molecular formula is C11H16O2. The predicted molar refractivity (Wildman–Crippen MR) is 50.2 cm³/mol. The van der Waals surface area contributed by atoms with Gasteiger partial charge in [0.2, 0.25) is 0 Å². The molecule has 0 N–H and O–H groups in total. The minimum absolute atomic E-state index is 0.135. The van der Waals surface area contributed by atoms with E-state index in [-0.39, 0.29) is 5.97 Å². The average Bonchev–Trinajstić information content (AvgIpc) is 2.89. The molecule has 0 aromatic heterocycles. The molecule has 0 aliphatic heterocycles. The molecule has 0 unspecified atom stereocenters. The van der Waals surface area contributed by atoms with Crippen LogP contribution in [0.2, 0.25) is 0 Å². The van der Waals surface area contributed by atoms with Crippen LogP contribution in [0.5, 0.6) is 0 Å². The van der Waals surface area contributed by atoms with E-state index >= 15 is 0 Å². The van der Waals surface area contributed by atoms with Gasteiger partial charge in [-0.25, -0.2) is 4.79 Å². The van der Waals surface area contributed by atoms with E-state index in [4.69, 9.17) is 4.74 Å². The second-order valence-corrected chi connectivity index (χ2v) is 4.07. The summed E-state index contributed by atoms with van der Waals surface area (Å²) in [5.41, 5.74) is 2.27. The quantitative estimate of drug-likeness (QED) is 0.457. The summed E-state index contributed by atoms with van der Waals surface area (Å²) >= 11 is 0. The number of methoxy groups -OCH3 is 1. The van der Waals surface area contributed by atoms with Crippen molar-refractivity contribution in [2.75, 3.05) is 7.11 Å². The summed E-state index contributed by atoms with van der Waals surface area (Å²) in [5.74, 6) is 1.32. The molecular weight excluding hydrogens is 164 g/mol. The van der Waals surface area contributed by atoms with E-state index in [2.05, 4.69) is 0 Å². The number of fused-ring (bicyclic) bond motifs is 1. The first-order chi connectivity index (χ1) is 6.25. The Morgan fingerprint density at radius 2 is 1.85 bits per heavy atom. The molecule has 0 heterocycles. The van der Waals surface area contributed by atoms with Gasteiger partial charge < -0.3 is 4.74 Å². The monoisotopic (exact) mass is 180 g/mol. The van der Waals surface area contributed by atoms with Crippen LogP contribution in [0.1, 0.15) is 32.6 Å². The van der Waals surface area contributed by atoms with Crippen molar-refractivity contribution in [1.82, 2.24) is 0 Å². The Bertz CT molecular complexity index is 251. The smallest absolute Gasteiger partial charge is 0.333 e. The first-order valence-corrected chi connectivity index (χ1v) is 5.04. The van der Waals surface area contributed by atoms with Gasteiger partial charge in [0, 0.05) is 5.57 Å². The topological polar surface area (TPSA) is 26.3 Å². The van der Waals surface area contributed by atoms with Crippen LogP contribution >= 0.6 is 0 Å². The van der Waals surface area contributed by atoms with Gasteiger partial charge in [-0.15, -0.1) is 0 Å². The van der Waals surface area contributed by atoms with Crippen molar-refractivity contribution in [3.8, 4) is 0 Å². The highest BCUT2D eigenvalue weighted by molar-refractivity contribution is 5.89. The fourth-order valence-electron chi connectivity index (χ4n) is 2.65. The van der Waals surface area contributed by atoms with Gasteiger partial charge in [0.25, 0.3) is 0 Å². The first kappa shape index (κ1) is 8.79. The molecule has 2 aliphatic carbocycles. The van der Waals surface area contributed by atoms with Crippen molar-refractivity contribution < 1.29 is 9.53 Å². The van der Waals surface area contributed by atoms with Crippen LogP contribution in [0, 0.1) is 11.8 Å². The van der Waals surface area contributed by atoms with E-state index < -0.39 is 0 Å². The lowest BCUT2D eigenvalue weighted by molar-refractivity contribution is -0.136. The van der Waals surface area contributed by atoms with E-state index in [1.165, 1.54) is 38.4 Å². The third-order valence-corrected chi connectivity index (χ3v) is 3.38. The van der Waals surface area contributed by atoms with Crippen molar-refractivity contribution in [2.45, 2.75) is 32.6 Å². The second-order valence-electron chi connectivity index (χ2n) is 4.07. The largest absolute Gasteiger partial charge is 0.466 e. The Balaban J connectivity index is 2.13. The molecule has 0 aromatic rings. The van der Waals surface area contributed by atoms with Gasteiger partial charge in [-0.2, -0.15) is 0 Å². The molecule has 0 spiro atoms. The molecule has 2 aliphatic rings. The van der Waals surface area contributed by atoms with Crippen molar-refractivity contribution in [3.63, 3.8) is 0 Å². The fraction of sp³-hybridized carbons (Fsp3) is 0.727. The number of carbonyl (C=O) groups is 1. The second kappa shape index (κ2) is 3.17. The summed E-state index contributed by atoms with van der Waals surface area (Å²) in [5, 5.41) is 0. The zero-order chi connectivity index (χ0) is 9.42. The van der Waals surface area contributed by atoms with Crippen molar-refractivity contribution in [3.05, 3.63) is 11.1 Å². The highest BCUT2D eigenvalue weighted by Gasteiger charge is 2.47. The minimum atomic E-state index is -0.135. The number of allylic oxidation sites excluding steroid dienone is 1. The van der Waals surface area contributed by atoms with E-state index in [1.54, 1.807) is 0 Å². The Labute approximate surface area is 79.0 Å². The van der Waals surface area contributed by atoms with E-state index in [9.17, 15) is 4.79 Å². The number of carbonyl (C=O) groups excluding carboxylic acids is 1. The van der Waals surface area contributed by atoms with Crippen LogP contribution in [0.4, 0.5) is 0 Å². The molecule has 72 valence electrons. The fourth-order valence-corrected chi connectivity index (χ4v) is 2.65. The lowest BCUT2D eigenvalue weighted by Gasteiger charge is -2.04. The van der Waals surface area contributed by atoms with Crippen LogP contribution in [-0.2, 0) is 9.53 Å². The molecule has 0 bridgehead atoms. The maximum atomic E-state index is 11.3. The number of rotatable bonds is 1. The number of hydrogen-bond acceptors (Lipinski definition) is 2. The third kappa shape index (κ3) is 1.38. The maximum absolute atomic E-state index is 11.3. The summed E-state index contributed by atoms with van der Waals surface area (Å²) in [7, 11) is 1.46. The zero-order valence-electron chi connectivity index (χ0n) is 8.30. The SMILES string of the molecule is COC(=O)C(C)=C1[C@H]2CCCC[C@@H]12. The number of esters is 1. The van der Waals surface area contributed by atoms with Gasteiger partial charge in [-0.1, -0.05) is 18.4 Å². The molecule has 0 amide bonds. The van der Waals surface area contributed by atoms with Crippen LogP contribution in [0.3, 0.4) is 0 Å². The highest BCUT2D eigenvalue weighted by Crippen LogP contribution is 2.56. The third-order valence-electron chi connectivity index (χ3n) is 3.38. The molecule has 2 nitrogen and oxygen atoms in total. The van der Waals surface area contributed by atoms with Crippen molar-refractivity contribution >= 4 is 5.97 Å². The number of hydrogen-bond donors (Lipinski definition) is 0. The van der Waals surface area contributed by atoms with Gasteiger partial charge in [0.1, 0.15) is 0 Å². The maximum Gasteiger partial charge on any atom is 0.333 e. The van der Waals surface area contributed by atoms with Gasteiger partial charge in [0.15, 0.2) is 0 Å². The first-order valence-electron chi connectivity index (χ1n) is 5.04. The highest BCUT2D eigenvalue weighted by atomic mass is 16.5. The molecule has 2 saturated carbocycles. The lowest BCUT2D eigenvalue weighted by Crippen LogP contribution is -2.01. The average molecular weight is 180 g/mol. The molecule has 0 aromatic carbocycles. The summed E-state index contributed by atoms with van der Waals surface area (Å²) in [6.07, 6.45) is 5.24.